The first kappa shape index (κ1) is 13.5. The lowest BCUT2D eigenvalue weighted by atomic mass is 10.2. The van der Waals surface area contributed by atoms with Gasteiger partial charge in [-0.1, -0.05) is 26.2 Å². The van der Waals surface area contributed by atoms with Crippen LogP contribution in [0.5, 0.6) is 0 Å². The number of carbonyl (C=O) groups excluding carboxylic acids is 1. The Balaban J connectivity index is 2.39. The normalized spacial score (nSPS) is 10.2. The molecule has 0 spiro atoms. The van der Waals surface area contributed by atoms with Crippen LogP contribution in [0.4, 0.5) is 10.1 Å². The third kappa shape index (κ3) is 4.43. The molecule has 0 saturated carbocycles. The van der Waals surface area contributed by atoms with Gasteiger partial charge in [-0.25, -0.2) is 9.18 Å². The number of anilines is 1. The van der Waals surface area contributed by atoms with Crippen LogP contribution in [0.2, 0.25) is 0 Å². The molecule has 1 rings (SSSR count). The summed E-state index contributed by atoms with van der Waals surface area (Å²) in [6.45, 7) is 2.52. The quantitative estimate of drug-likeness (QED) is 0.471. The number of benzene rings is 1. The fourth-order valence-corrected chi connectivity index (χ4v) is 1.45. The van der Waals surface area contributed by atoms with Gasteiger partial charge in [0, 0.05) is 0 Å². The van der Waals surface area contributed by atoms with E-state index >= 15 is 0 Å². The van der Waals surface area contributed by atoms with Crippen molar-refractivity contribution in [3.05, 3.63) is 29.6 Å². The SMILES string of the molecule is CCCCCCOC(=O)c1ccc(F)c(N)c1. The van der Waals surface area contributed by atoms with Gasteiger partial charge >= 0.3 is 5.97 Å². The summed E-state index contributed by atoms with van der Waals surface area (Å²) >= 11 is 0. The zero-order chi connectivity index (χ0) is 12.7. The Kier molecular flexibility index (Phi) is 5.46. The second kappa shape index (κ2) is 6.89. The molecule has 2 N–H and O–H groups in total. The van der Waals surface area contributed by atoms with Crippen molar-refractivity contribution in [2.24, 2.45) is 0 Å². The van der Waals surface area contributed by atoms with Crippen LogP contribution in [0.1, 0.15) is 43.0 Å². The molecule has 0 radical (unpaired) electrons. The average molecular weight is 239 g/mol. The first-order valence-electron chi connectivity index (χ1n) is 5.87. The van der Waals surface area contributed by atoms with E-state index in [4.69, 9.17) is 10.5 Å². The molecule has 0 aromatic heterocycles. The van der Waals surface area contributed by atoms with E-state index in [1.165, 1.54) is 18.2 Å². The minimum atomic E-state index is -0.524. The summed E-state index contributed by atoms with van der Waals surface area (Å²) in [5.41, 5.74) is 5.62. The van der Waals surface area contributed by atoms with Gasteiger partial charge in [-0.3, -0.25) is 0 Å². The van der Waals surface area contributed by atoms with Crippen LogP contribution in [0, 0.1) is 5.82 Å². The first-order chi connectivity index (χ1) is 8.15. The Morgan fingerprint density at radius 2 is 2.12 bits per heavy atom. The van der Waals surface area contributed by atoms with Gasteiger partial charge in [0.25, 0.3) is 0 Å². The molecule has 17 heavy (non-hydrogen) atoms. The van der Waals surface area contributed by atoms with Crippen molar-refractivity contribution < 1.29 is 13.9 Å². The van der Waals surface area contributed by atoms with E-state index in [2.05, 4.69) is 6.92 Å². The number of rotatable bonds is 6. The molecular weight excluding hydrogens is 221 g/mol. The third-order valence-electron chi connectivity index (χ3n) is 2.46. The summed E-state index contributed by atoms with van der Waals surface area (Å²) in [7, 11) is 0. The summed E-state index contributed by atoms with van der Waals surface area (Å²) in [6.07, 6.45) is 4.19. The zero-order valence-electron chi connectivity index (χ0n) is 10.0. The topological polar surface area (TPSA) is 52.3 Å². The molecule has 0 fully saturated rings. The van der Waals surface area contributed by atoms with Crippen LogP contribution >= 0.6 is 0 Å². The highest BCUT2D eigenvalue weighted by Gasteiger charge is 2.09. The Hall–Kier alpha value is -1.58. The first-order valence-corrected chi connectivity index (χ1v) is 5.87. The predicted molar refractivity (Wildman–Crippen MR) is 65.2 cm³/mol. The van der Waals surface area contributed by atoms with Gasteiger partial charge in [0.05, 0.1) is 17.9 Å². The van der Waals surface area contributed by atoms with Gasteiger partial charge in [0.15, 0.2) is 0 Å². The number of esters is 1. The lowest BCUT2D eigenvalue weighted by Gasteiger charge is -2.05. The van der Waals surface area contributed by atoms with Crippen molar-refractivity contribution in [1.29, 1.82) is 0 Å². The van der Waals surface area contributed by atoms with E-state index in [0.29, 0.717) is 12.2 Å². The highest BCUT2D eigenvalue weighted by Crippen LogP contribution is 2.13. The molecule has 0 heterocycles. The van der Waals surface area contributed by atoms with E-state index in [9.17, 15) is 9.18 Å². The average Bonchev–Trinajstić information content (AvgIpc) is 2.32. The van der Waals surface area contributed by atoms with Crippen molar-refractivity contribution in [2.45, 2.75) is 32.6 Å². The molecule has 0 atom stereocenters. The summed E-state index contributed by atoms with van der Waals surface area (Å²) in [6, 6.07) is 3.84. The van der Waals surface area contributed by atoms with Crippen molar-refractivity contribution in [1.82, 2.24) is 0 Å². The molecule has 0 amide bonds. The second-order valence-corrected chi connectivity index (χ2v) is 3.93. The Morgan fingerprint density at radius 3 is 2.76 bits per heavy atom. The van der Waals surface area contributed by atoms with Crippen molar-refractivity contribution in [3.63, 3.8) is 0 Å². The van der Waals surface area contributed by atoms with Crippen LogP contribution in [0.3, 0.4) is 0 Å². The molecule has 94 valence electrons. The molecule has 0 unspecified atom stereocenters. The number of carbonyl (C=O) groups is 1. The van der Waals surface area contributed by atoms with Crippen LogP contribution in [0.25, 0.3) is 0 Å². The maximum Gasteiger partial charge on any atom is 0.338 e. The molecule has 0 saturated heterocycles. The highest BCUT2D eigenvalue weighted by atomic mass is 19.1. The molecule has 0 aliphatic rings. The van der Waals surface area contributed by atoms with Gasteiger partial charge in [-0.15, -0.1) is 0 Å². The highest BCUT2D eigenvalue weighted by molar-refractivity contribution is 5.90. The summed E-state index contributed by atoms with van der Waals surface area (Å²) in [5.74, 6) is -0.974. The third-order valence-corrected chi connectivity index (χ3v) is 2.46. The number of hydrogen-bond donors (Lipinski definition) is 1. The second-order valence-electron chi connectivity index (χ2n) is 3.93. The molecule has 0 aliphatic carbocycles. The molecule has 0 bridgehead atoms. The molecule has 0 aliphatic heterocycles. The molecule has 4 heteroatoms. The summed E-state index contributed by atoms with van der Waals surface area (Å²) in [5, 5.41) is 0. The fourth-order valence-electron chi connectivity index (χ4n) is 1.45. The van der Waals surface area contributed by atoms with Crippen molar-refractivity contribution >= 4 is 11.7 Å². The maximum absolute atomic E-state index is 12.9. The molecule has 1 aromatic carbocycles. The maximum atomic E-state index is 12.9. The van der Waals surface area contributed by atoms with E-state index < -0.39 is 11.8 Å². The number of nitrogen functional groups attached to an aromatic ring is 1. The minimum Gasteiger partial charge on any atom is -0.462 e. The number of nitrogens with two attached hydrogens (primary N) is 1. The van der Waals surface area contributed by atoms with Crippen LogP contribution in [-0.2, 0) is 4.74 Å². The number of halogens is 1. The number of ether oxygens (including phenoxy) is 1. The van der Waals surface area contributed by atoms with Gasteiger partial charge in [-0.2, -0.15) is 0 Å². The Bertz CT molecular complexity index is 380. The largest absolute Gasteiger partial charge is 0.462 e. The molecule has 3 nitrogen and oxygen atoms in total. The summed E-state index contributed by atoms with van der Waals surface area (Å²) in [4.78, 5) is 11.5. The number of unbranched alkanes of at least 4 members (excludes halogenated alkanes) is 3. The minimum absolute atomic E-state index is 0.0366. The van der Waals surface area contributed by atoms with E-state index in [0.717, 1.165) is 25.7 Å². The Morgan fingerprint density at radius 1 is 1.35 bits per heavy atom. The lowest BCUT2D eigenvalue weighted by molar-refractivity contribution is 0.0498. The van der Waals surface area contributed by atoms with Crippen LogP contribution < -0.4 is 5.73 Å². The standard InChI is InChI=1S/C13H18FNO2/c1-2-3-4-5-8-17-13(16)10-6-7-11(14)12(15)9-10/h6-7,9H,2-5,8,15H2,1H3. The van der Waals surface area contributed by atoms with Crippen molar-refractivity contribution in [2.75, 3.05) is 12.3 Å². The van der Waals surface area contributed by atoms with Crippen LogP contribution in [-0.4, -0.2) is 12.6 Å². The number of hydrogen-bond acceptors (Lipinski definition) is 3. The fraction of sp³-hybridized carbons (Fsp3) is 0.462. The van der Waals surface area contributed by atoms with Crippen LogP contribution in [0.15, 0.2) is 18.2 Å². The van der Waals surface area contributed by atoms with Gasteiger partial charge in [0.2, 0.25) is 0 Å². The van der Waals surface area contributed by atoms with E-state index in [1.807, 2.05) is 0 Å². The van der Waals surface area contributed by atoms with Gasteiger partial charge in [0.1, 0.15) is 5.82 Å². The molecular formula is C13H18FNO2. The van der Waals surface area contributed by atoms with E-state index in [1.54, 1.807) is 0 Å². The smallest absolute Gasteiger partial charge is 0.338 e. The summed E-state index contributed by atoms with van der Waals surface area (Å²) < 4.78 is 17.9. The lowest BCUT2D eigenvalue weighted by Crippen LogP contribution is -2.07. The van der Waals surface area contributed by atoms with Crippen molar-refractivity contribution in [3.8, 4) is 0 Å². The van der Waals surface area contributed by atoms with Gasteiger partial charge in [-0.05, 0) is 24.6 Å². The molecule has 1 aromatic rings. The predicted octanol–water partition coefficient (Wildman–Crippen LogP) is 3.15. The Labute approximate surface area is 101 Å². The monoisotopic (exact) mass is 239 g/mol. The zero-order valence-corrected chi connectivity index (χ0v) is 10.0. The van der Waals surface area contributed by atoms with Gasteiger partial charge < -0.3 is 10.5 Å². The van der Waals surface area contributed by atoms with E-state index in [-0.39, 0.29) is 5.69 Å².